The number of rotatable bonds is 2. The van der Waals surface area contributed by atoms with Gasteiger partial charge in [0.15, 0.2) is 0 Å². The van der Waals surface area contributed by atoms with E-state index in [9.17, 15) is 5.11 Å². The number of benzene rings is 1. The van der Waals surface area contributed by atoms with Gasteiger partial charge in [-0.25, -0.2) is 4.98 Å². The number of aryl methyl sites for hydroxylation is 3. The van der Waals surface area contributed by atoms with Crippen molar-refractivity contribution in [3.05, 3.63) is 39.5 Å². The van der Waals surface area contributed by atoms with Crippen LogP contribution in [0.4, 0.5) is 11.5 Å². The minimum atomic E-state index is 0.174. The summed E-state index contributed by atoms with van der Waals surface area (Å²) in [7, 11) is 0. The van der Waals surface area contributed by atoms with Crippen LogP contribution < -0.4 is 5.32 Å². The van der Waals surface area contributed by atoms with Crippen molar-refractivity contribution in [1.82, 2.24) is 9.97 Å². The van der Waals surface area contributed by atoms with Crippen LogP contribution in [0.3, 0.4) is 0 Å². The lowest BCUT2D eigenvalue weighted by atomic mass is 10.2. The molecular weight excluding hydrogens is 306 g/mol. The van der Waals surface area contributed by atoms with Gasteiger partial charge in [0.25, 0.3) is 0 Å². The van der Waals surface area contributed by atoms with Crippen LogP contribution in [0.5, 0.6) is 5.75 Å². The fraction of sp³-hybridized carbons (Fsp3) is 0.200. The Morgan fingerprint density at radius 2 is 1.95 bits per heavy atom. The topological polar surface area (TPSA) is 58.0 Å². The first-order chi connectivity index (χ1) is 9.95. The molecule has 0 saturated heterocycles. The molecule has 3 aromatic rings. The van der Waals surface area contributed by atoms with E-state index in [0.717, 1.165) is 21.3 Å². The van der Waals surface area contributed by atoms with Crippen LogP contribution in [-0.4, -0.2) is 15.1 Å². The maximum absolute atomic E-state index is 9.98. The molecular formula is C15H14ClN3OS. The molecule has 108 valence electrons. The number of phenolic OH excluding ortho intramolecular Hbond substituents is 1. The molecule has 0 unspecified atom stereocenters. The summed E-state index contributed by atoms with van der Waals surface area (Å²) in [6.07, 6.45) is 0. The summed E-state index contributed by atoms with van der Waals surface area (Å²) in [4.78, 5) is 10.6. The lowest BCUT2D eigenvalue weighted by molar-refractivity contribution is 0.477. The van der Waals surface area contributed by atoms with Crippen LogP contribution in [0.15, 0.2) is 18.2 Å². The van der Waals surface area contributed by atoms with Crippen molar-refractivity contribution in [3.8, 4) is 5.75 Å². The van der Waals surface area contributed by atoms with Crippen molar-refractivity contribution in [2.24, 2.45) is 0 Å². The Hall–Kier alpha value is -1.85. The van der Waals surface area contributed by atoms with E-state index in [1.165, 1.54) is 4.88 Å². The van der Waals surface area contributed by atoms with Crippen LogP contribution in [0.1, 0.15) is 16.0 Å². The van der Waals surface area contributed by atoms with Crippen LogP contribution in [0.2, 0.25) is 5.28 Å². The number of halogens is 1. The molecule has 4 nitrogen and oxygen atoms in total. The van der Waals surface area contributed by atoms with Crippen molar-refractivity contribution in [2.75, 3.05) is 5.32 Å². The monoisotopic (exact) mass is 319 g/mol. The minimum Gasteiger partial charge on any atom is -0.506 e. The van der Waals surface area contributed by atoms with Gasteiger partial charge in [-0.15, -0.1) is 11.3 Å². The second kappa shape index (κ2) is 5.16. The van der Waals surface area contributed by atoms with Gasteiger partial charge in [-0.2, -0.15) is 4.98 Å². The number of hydrogen-bond donors (Lipinski definition) is 2. The first-order valence-electron chi connectivity index (χ1n) is 6.45. The quantitative estimate of drug-likeness (QED) is 0.530. The fourth-order valence-corrected chi connectivity index (χ4v) is 3.44. The number of nitrogens with one attached hydrogen (secondary N) is 1. The van der Waals surface area contributed by atoms with Gasteiger partial charge in [0.2, 0.25) is 5.28 Å². The molecule has 0 amide bonds. The predicted octanol–water partition coefficient (Wildman–Crippen LogP) is 4.72. The molecule has 6 heteroatoms. The van der Waals surface area contributed by atoms with E-state index >= 15 is 0 Å². The Morgan fingerprint density at radius 3 is 2.71 bits per heavy atom. The number of hydrogen-bond acceptors (Lipinski definition) is 5. The average molecular weight is 320 g/mol. The molecule has 0 radical (unpaired) electrons. The number of nitrogens with zero attached hydrogens (tertiary/aromatic N) is 2. The summed E-state index contributed by atoms with van der Waals surface area (Å²) in [5.41, 5.74) is 2.78. The number of thiophene rings is 1. The lowest BCUT2D eigenvalue weighted by Gasteiger charge is -2.10. The smallest absolute Gasteiger partial charge is 0.225 e. The van der Waals surface area contributed by atoms with E-state index in [1.807, 2.05) is 32.9 Å². The highest BCUT2D eigenvalue weighted by atomic mass is 35.5. The fourth-order valence-electron chi connectivity index (χ4n) is 2.19. The first-order valence-corrected chi connectivity index (χ1v) is 7.65. The molecule has 0 saturated carbocycles. The molecule has 0 atom stereocenters. The van der Waals surface area contributed by atoms with E-state index in [2.05, 4.69) is 15.3 Å². The number of anilines is 2. The van der Waals surface area contributed by atoms with Crippen LogP contribution in [-0.2, 0) is 0 Å². The zero-order chi connectivity index (χ0) is 15.1. The van der Waals surface area contributed by atoms with Gasteiger partial charge < -0.3 is 10.4 Å². The van der Waals surface area contributed by atoms with Crippen LogP contribution in [0.25, 0.3) is 10.2 Å². The summed E-state index contributed by atoms with van der Waals surface area (Å²) in [6, 6.07) is 5.37. The minimum absolute atomic E-state index is 0.174. The maximum atomic E-state index is 9.98. The van der Waals surface area contributed by atoms with E-state index in [1.54, 1.807) is 17.4 Å². The average Bonchev–Trinajstić information content (AvgIpc) is 2.69. The molecule has 21 heavy (non-hydrogen) atoms. The Labute approximate surface area is 131 Å². The summed E-state index contributed by atoms with van der Waals surface area (Å²) in [5.74, 6) is 0.792. The Bertz CT molecular complexity index is 845. The molecule has 0 aliphatic carbocycles. The van der Waals surface area contributed by atoms with Gasteiger partial charge in [0.05, 0.1) is 11.1 Å². The van der Waals surface area contributed by atoms with E-state index in [0.29, 0.717) is 11.5 Å². The second-order valence-electron chi connectivity index (χ2n) is 4.95. The molecule has 3 rings (SSSR count). The molecule has 2 aromatic heterocycles. The molecule has 0 bridgehead atoms. The normalized spacial score (nSPS) is 11.0. The van der Waals surface area contributed by atoms with Crippen molar-refractivity contribution < 1.29 is 5.11 Å². The van der Waals surface area contributed by atoms with E-state index in [4.69, 9.17) is 11.6 Å². The zero-order valence-electron chi connectivity index (χ0n) is 11.9. The second-order valence-corrected chi connectivity index (χ2v) is 6.49. The Balaban J connectivity index is 2.18. The molecule has 1 aromatic carbocycles. The van der Waals surface area contributed by atoms with Gasteiger partial charge in [-0.1, -0.05) is 6.07 Å². The highest BCUT2D eigenvalue weighted by Gasteiger charge is 2.15. The van der Waals surface area contributed by atoms with Gasteiger partial charge >= 0.3 is 0 Å². The number of fused-ring (bicyclic) bond motifs is 1. The standard InChI is InChI=1S/C15H14ClN3OS/c1-7-4-5-11(20)10(6-7)17-13-12-8(2)9(3)21-14(12)19-15(16)18-13/h4-6,20H,1-3H3,(H,17,18,19). The van der Waals surface area contributed by atoms with Crippen LogP contribution in [0, 0.1) is 20.8 Å². The van der Waals surface area contributed by atoms with Crippen molar-refractivity contribution in [2.45, 2.75) is 20.8 Å². The van der Waals surface area contributed by atoms with Crippen molar-refractivity contribution >= 4 is 44.7 Å². The SMILES string of the molecule is Cc1ccc(O)c(Nc2nc(Cl)nc3sc(C)c(C)c23)c1. The highest BCUT2D eigenvalue weighted by Crippen LogP contribution is 2.36. The summed E-state index contributed by atoms with van der Waals surface area (Å²) < 4.78 is 0. The van der Waals surface area contributed by atoms with E-state index < -0.39 is 0 Å². The van der Waals surface area contributed by atoms with Gasteiger partial charge in [0, 0.05) is 4.88 Å². The molecule has 0 fully saturated rings. The summed E-state index contributed by atoms with van der Waals surface area (Å²) in [5, 5.41) is 14.3. The third kappa shape index (κ3) is 2.54. The van der Waals surface area contributed by atoms with Gasteiger partial charge in [0.1, 0.15) is 16.4 Å². The molecule has 2 heterocycles. The Morgan fingerprint density at radius 1 is 1.19 bits per heavy atom. The van der Waals surface area contributed by atoms with Gasteiger partial charge in [-0.3, -0.25) is 0 Å². The zero-order valence-corrected chi connectivity index (χ0v) is 13.4. The van der Waals surface area contributed by atoms with Crippen LogP contribution >= 0.6 is 22.9 Å². The lowest BCUT2D eigenvalue weighted by Crippen LogP contribution is -1.97. The molecule has 0 aliphatic heterocycles. The highest BCUT2D eigenvalue weighted by molar-refractivity contribution is 7.18. The summed E-state index contributed by atoms with van der Waals surface area (Å²) in [6.45, 7) is 6.05. The third-order valence-corrected chi connectivity index (χ3v) is 4.68. The van der Waals surface area contributed by atoms with Crippen molar-refractivity contribution in [3.63, 3.8) is 0 Å². The first kappa shape index (κ1) is 14.1. The number of aromatic hydroxyl groups is 1. The van der Waals surface area contributed by atoms with Crippen molar-refractivity contribution in [1.29, 1.82) is 0 Å². The molecule has 0 aliphatic rings. The third-order valence-electron chi connectivity index (χ3n) is 3.41. The maximum Gasteiger partial charge on any atom is 0.225 e. The van der Waals surface area contributed by atoms with E-state index in [-0.39, 0.29) is 11.0 Å². The van der Waals surface area contributed by atoms with Gasteiger partial charge in [-0.05, 0) is 55.6 Å². The molecule has 0 spiro atoms. The number of phenols is 1. The molecule has 2 N–H and O–H groups in total. The Kier molecular flexibility index (Phi) is 3.47. The number of aromatic nitrogens is 2. The predicted molar refractivity (Wildman–Crippen MR) is 88.0 cm³/mol. The summed E-state index contributed by atoms with van der Waals surface area (Å²) >= 11 is 7.59. The largest absolute Gasteiger partial charge is 0.506 e.